The van der Waals surface area contributed by atoms with E-state index in [1.165, 1.54) is 58.0 Å². The van der Waals surface area contributed by atoms with Crippen molar-refractivity contribution in [3.8, 4) is 0 Å². The van der Waals surface area contributed by atoms with Crippen LogP contribution in [0.25, 0.3) is 0 Å². The molecule has 0 bridgehead atoms. The van der Waals surface area contributed by atoms with Crippen LogP contribution in [0.15, 0.2) is 0 Å². The molecule has 1 saturated carbocycles. The molecule has 0 spiro atoms. The van der Waals surface area contributed by atoms with Gasteiger partial charge < -0.3 is 5.32 Å². The van der Waals surface area contributed by atoms with Gasteiger partial charge in [-0.1, -0.05) is 26.2 Å². The Morgan fingerprint density at radius 1 is 1.17 bits per heavy atom. The molecule has 0 aromatic carbocycles. The SMILES string of the molecule is CCC1CCCCC1N1CCCC(C(C)NC)C1. The molecule has 4 unspecified atom stereocenters. The molecule has 4 atom stereocenters. The van der Waals surface area contributed by atoms with E-state index in [0.717, 1.165) is 17.9 Å². The van der Waals surface area contributed by atoms with Gasteiger partial charge in [0.15, 0.2) is 0 Å². The van der Waals surface area contributed by atoms with Gasteiger partial charge in [0.25, 0.3) is 0 Å². The van der Waals surface area contributed by atoms with Gasteiger partial charge in [-0.3, -0.25) is 4.90 Å². The molecule has 2 rings (SSSR count). The third-order valence-electron chi connectivity index (χ3n) is 5.51. The van der Waals surface area contributed by atoms with Crippen molar-refractivity contribution in [3.05, 3.63) is 0 Å². The largest absolute Gasteiger partial charge is 0.317 e. The summed E-state index contributed by atoms with van der Waals surface area (Å²) in [6.45, 7) is 7.43. The Bertz CT molecular complexity index is 241. The maximum atomic E-state index is 3.46. The minimum absolute atomic E-state index is 0.677. The van der Waals surface area contributed by atoms with Crippen molar-refractivity contribution in [1.82, 2.24) is 10.2 Å². The molecule has 2 nitrogen and oxygen atoms in total. The minimum atomic E-state index is 0.677. The molecular weight excluding hydrogens is 220 g/mol. The number of piperidine rings is 1. The first kappa shape index (κ1) is 14.3. The van der Waals surface area contributed by atoms with Gasteiger partial charge >= 0.3 is 0 Å². The first-order chi connectivity index (χ1) is 8.76. The standard InChI is InChI=1S/C16H32N2/c1-4-14-8-5-6-10-16(14)18-11-7-9-15(12-18)13(2)17-3/h13-17H,4-12H2,1-3H3. The van der Waals surface area contributed by atoms with Gasteiger partial charge in [-0.25, -0.2) is 0 Å². The molecule has 1 aliphatic heterocycles. The lowest BCUT2D eigenvalue weighted by atomic mass is 9.80. The molecule has 2 aliphatic rings. The molecule has 1 N–H and O–H groups in total. The fraction of sp³-hybridized carbons (Fsp3) is 1.00. The van der Waals surface area contributed by atoms with Crippen LogP contribution >= 0.6 is 0 Å². The zero-order chi connectivity index (χ0) is 13.0. The molecule has 0 amide bonds. The minimum Gasteiger partial charge on any atom is -0.317 e. The van der Waals surface area contributed by atoms with E-state index < -0.39 is 0 Å². The van der Waals surface area contributed by atoms with Crippen LogP contribution in [0.2, 0.25) is 0 Å². The Balaban J connectivity index is 1.94. The lowest BCUT2D eigenvalue weighted by Crippen LogP contribution is -2.50. The maximum absolute atomic E-state index is 3.46. The van der Waals surface area contributed by atoms with Crippen LogP contribution < -0.4 is 5.32 Å². The van der Waals surface area contributed by atoms with E-state index in [2.05, 4.69) is 31.1 Å². The first-order valence-corrected chi connectivity index (χ1v) is 8.17. The molecule has 1 aliphatic carbocycles. The van der Waals surface area contributed by atoms with Crippen molar-refractivity contribution in [1.29, 1.82) is 0 Å². The molecule has 0 aromatic rings. The Kier molecular flexibility index (Phi) is 5.50. The predicted molar refractivity (Wildman–Crippen MR) is 78.9 cm³/mol. The Hall–Kier alpha value is -0.0800. The molecule has 0 radical (unpaired) electrons. The molecule has 106 valence electrons. The monoisotopic (exact) mass is 252 g/mol. The van der Waals surface area contributed by atoms with Gasteiger partial charge in [-0.15, -0.1) is 0 Å². The summed E-state index contributed by atoms with van der Waals surface area (Å²) < 4.78 is 0. The fourth-order valence-corrected chi connectivity index (χ4v) is 4.13. The Labute approximate surface area is 114 Å². The summed E-state index contributed by atoms with van der Waals surface area (Å²) in [5.74, 6) is 1.84. The third kappa shape index (κ3) is 3.27. The number of nitrogens with one attached hydrogen (secondary N) is 1. The molecule has 2 fully saturated rings. The normalized spacial score (nSPS) is 36.5. The molecule has 2 heteroatoms. The summed E-state index contributed by atoms with van der Waals surface area (Å²) in [4.78, 5) is 2.84. The van der Waals surface area contributed by atoms with Crippen molar-refractivity contribution < 1.29 is 0 Å². The van der Waals surface area contributed by atoms with Crippen molar-refractivity contribution >= 4 is 0 Å². The van der Waals surface area contributed by atoms with E-state index in [0.29, 0.717) is 6.04 Å². The van der Waals surface area contributed by atoms with Gasteiger partial charge in [0.1, 0.15) is 0 Å². The number of hydrogen-bond donors (Lipinski definition) is 1. The van der Waals surface area contributed by atoms with E-state index in [1.807, 2.05) is 0 Å². The summed E-state index contributed by atoms with van der Waals surface area (Å²) >= 11 is 0. The highest BCUT2D eigenvalue weighted by molar-refractivity contribution is 4.88. The number of nitrogens with zero attached hydrogens (tertiary/aromatic N) is 1. The average molecular weight is 252 g/mol. The van der Waals surface area contributed by atoms with E-state index >= 15 is 0 Å². The van der Waals surface area contributed by atoms with Crippen molar-refractivity contribution in [2.45, 2.75) is 70.9 Å². The van der Waals surface area contributed by atoms with Crippen molar-refractivity contribution in [2.75, 3.05) is 20.1 Å². The van der Waals surface area contributed by atoms with Crippen LogP contribution in [0.4, 0.5) is 0 Å². The average Bonchev–Trinajstić information content (AvgIpc) is 2.46. The van der Waals surface area contributed by atoms with Gasteiger partial charge in [0, 0.05) is 18.6 Å². The molecule has 1 saturated heterocycles. The van der Waals surface area contributed by atoms with Gasteiger partial charge in [-0.05, 0) is 58.0 Å². The van der Waals surface area contributed by atoms with E-state index in [1.54, 1.807) is 0 Å². The molecule has 1 heterocycles. The molecule has 0 aromatic heterocycles. The lowest BCUT2D eigenvalue weighted by Gasteiger charge is -2.45. The summed E-state index contributed by atoms with van der Waals surface area (Å²) in [6, 6.07) is 1.58. The first-order valence-electron chi connectivity index (χ1n) is 8.17. The second-order valence-corrected chi connectivity index (χ2v) is 6.49. The second kappa shape index (κ2) is 6.91. The Morgan fingerprint density at radius 2 is 1.94 bits per heavy atom. The number of hydrogen-bond acceptors (Lipinski definition) is 2. The summed E-state index contributed by atoms with van der Waals surface area (Å²) in [5, 5.41) is 3.46. The zero-order valence-electron chi connectivity index (χ0n) is 12.6. The van der Waals surface area contributed by atoms with Crippen molar-refractivity contribution in [3.63, 3.8) is 0 Å². The molecular formula is C16H32N2. The lowest BCUT2D eigenvalue weighted by molar-refractivity contribution is 0.0525. The number of rotatable bonds is 4. The smallest absolute Gasteiger partial charge is 0.0123 e. The van der Waals surface area contributed by atoms with Crippen LogP contribution in [0.3, 0.4) is 0 Å². The van der Waals surface area contributed by atoms with Gasteiger partial charge in [0.05, 0.1) is 0 Å². The highest BCUT2D eigenvalue weighted by atomic mass is 15.2. The maximum Gasteiger partial charge on any atom is 0.0123 e. The molecule has 18 heavy (non-hydrogen) atoms. The highest BCUT2D eigenvalue weighted by Gasteiger charge is 2.33. The van der Waals surface area contributed by atoms with Crippen LogP contribution in [0.1, 0.15) is 58.8 Å². The van der Waals surface area contributed by atoms with Crippen molar-refractivity contribution in [2.24, 2.45) is 11.8 Å². The fourth-order valence-electron chi connectivity index (χ4n) is 4.13. The summed E-state index contributed by atoms with van der Waals surface area (Å²) in [5.41, 5.74) is 0. The van der Waals surface area contributed by atoms with Crippen LogP contribution in [0, 0.1) is 11.8 Å². The topological polar surface area (TPSA) is 15.3 Å². The highest BCUT2D eigenvalue weighted by Crippen LogP contribution is 2.33. The second-order valence-electron chi connectivity index (χ2n) is 6.49. The van der Waals surface area contributed by atoms with Crippen LogP contribution in [-0.4, -0.2) is 37.1 Å². The third-order valence-corrected chi connectivity index (χ3v) is 5.51. The van der Waals surface area contributed by atoms with Crippen LogP contribution in [0.5, 0.6) is 0 Å². The predicted octanol–water partition coefficient (Wildman–Crippen LogP) is 3.28. The Morgan fingerprint density at radius 3 is 2.67 bits per heavy atom. The van der Waals surface area contributed by atoms with E-state index in [4.69, 9.17) is 0 Å². The van der Waals surface area contributed by atoms with E-state index in [9.17, 15) is 0 Å². The van der Waals surface area contributed by atoms with E-state index in [-0.39, 0.29) is 0 Å². The zero-order valence-corrected chi connectivity index (χ0v) is 12.6. The van der Waals surface area contributed by atoms with Gasteiger partial charge in [-0.2, -0.15) is 0 Å². The quantitative estimate of drug-likeness (QED) is 0.826. The van der Waals surface area contributed by atoms with Crippen LogP contribution in [-0.2, 0) is 0 Å². The number of likely N-dealkylation sites (tertiary alicyclic amines) is 1. The summed E-state index contributed by atoms with van der Waals surface area (Å²) in [7, 11) is 2.11. The van der Waals surface area contributed by atoms with Gasteiger partial charge in [0.2, 0.25) is 0 Å². The summed E-state index contributed by atoms with van der Waals surface area (Å²) in [6.07, 6.45) is 10.1.